The third-order valence-corrected chi connectivity index (χ3v) is 8.01. The van der Waals surface area contributed by atoms with E-state index in [4.69, 9.17) is 9.47 Å². The van der Waals surface area contributed by atoms with Crippen LogP contribution in [0.1, 0.15) is 85.6 Å². The Morgan fingerprint density at radius 1 is 0.917 bits per heavy atom. The number of aliphatic hydroxyl groups is 2. The maximum Gasteiger partial charge on any atom is 0.338 e. The number of aliphatic hydroxyl groups excluding tert-OH is 2. The third kappa shape index (κ3) is 4.66. The van der Waals surface area contributed by atoms with Crippen molar-refractivity contribution in [1.82, 2.24) is 10.2 Å². The second-order valence-corrected chi connectivity index (χ2v) is 10.1. The van der Waals surface area contributed by atoms with Crippen LogP contribution in [-0.2, 0) is 22.7 Å². The highest BCUT2D eigenvalue weighted by Gasteiger charge is 2.29. The molecule has 2 aromatic carbocycles. The number of hydrogen-bond acceptors (Lipinski definition) is 8. The minimum absolute atomic E-state index is 0.257. The fourth-order valence-corrected chi connectivity index (χ4v) is 5.81. The molecule has 1 saturated heterocycles. The molecule has 3 atom stereocenters. The number of esters is 2. The molecule has 3 N–H and O–H groups in total. The van der Waals surface area contributed by atoms with Crippen LogP contribution in [0, 0.1) is 13.8 Å². The lowest BCUT2D eigenvalue weighted by molar-refractivity contribution is 0.0525. The van der Waals surface area contributed by atoms with Crippen LogP contribution >= 0.6 is 0 Å². The molecule has 1 unspecified atom stereocenters. The zero-order chi connectivity index (χ0) is 25.4. The molecule has 8 heteroatoms. The number of hydrogen-bond donors (Lipinski definition) is 3. The van der Waals surface area contributed by atoms with E-state index in [0.717, 1.165) is 59.2 Å². The van der Waals surface area contributed by atoms with Gasteiger partial charge in [-0.15, -0.1) is 0 Å². The molecule has 0 radical (unpaired) electrons. The molecule has 0 spiro atoms. The molecule has 3 aliphatic rings. The summed E-state index contributed by atoms with van der Waals surface area (Å²) >= 11 is 0. The van der Waals surface area contributed by atoms with E-state index in [1.165, 1.54) is 0 Å². The van der Waals surface area contributed by atoms with Gasteiger partial charge < -0.3 is 25.0 Å². The summed E-state index contributed by atoms with van der Waals surface area (Å²) in [6, 6.07) is 7.41. The fourth-order valence-electron chi connectivity index (χ4n) is 5.81. The van der Waals surface area contributed by atoms with E-state index in [1.807, 2.05) is 26.0 Å². The number of likely N-dealkylation sites (tertiary alicyclic amines) is 1. The Balaban J connectivity index is 1.19. The van der Waals surface area contributed by atoms with Gasteiger partial charge >= 0.3 is 11.9 Å². The van der Waals surface area contributed by atoms with Crippen molar-refractivity contribution in [2.45, 2.75) is 64.6 Å². The predicted molar refractivity (Wildman–Crippen MR) is 133 cm³/mol. The second kappa shape index (κ2) is 10.3. The predicted octanol–water partition coefficient (Wildman–Crippen LogP) is 2.86. The quantitative estimate of drug-likeness (QED) is 0.481. The zero-order valence-corrected chi connectivity index (χ0v) is 20.9. The van der Waals surface area contributed by atoms with Gasteiger partial charge in [0.2, 0.25) is 0 Å². The van der Waals surface area contributed by atoms with Crippen molar-refractivity contribution in [2.24, 2.45) is 0 Å². The molecule has 2 aromatic rings. The van der Waals surface area contributed by atoms with Gasteiger partial charge in [-0.25, -0.2) is 9.59 Å². The number of cyclic esters (lactones) is 2. The van der Waals surface area contributed by atoms with Gasteiger partial charge in [-0.3, -0.25) is 4.90 Å². The average Bonchev–Trinajstić information content (AvgIpc) is 3.44. The number of fused-ring (bicyclic) bond motifs is 2. The molecule has 8 nitrogen and oxygen atoms in total. The first-order valence-corrected chi connectivity index (χ1v) is 12.7. The SMILES string of the molecule is Cc1c([C@@H](O)CNCC2CCCCN2C[C@H](O)c2ccc3c(c2C)COC3=O)ccc2c1COC2=O. The molecule has 0 aromatic heterocycles. The average molecular weight is 495 g/mol. The minimum atomic E-state index is -0.687. The molecule has 3 heterocycles. The van der Waals surface area contributed by atoms with Crippen LogP contribution in [0.25, 0.3) is 0 Å². The van der Waals surface area contributed by atoms with Crippen LogP contribution in [0.4, 0.5) is 0 Å². The Morgan fingerprint density at radius 3 is 2.11 bits per heavy atom. The number of nitrogens with one attached hydrogen (secondary N) is 1. The number of benzene rings is 2. The van der Waals surface area contributed by atoms with Gasteiger partial charge in [-0.05, 0) is 67.6 Å². The lowest BCUT2D eigenvalue weighted by Gasteiger charge is -2.37. The van der Waals surface area contributed by atoms with Crippen molar-refractivity contribution in [2.75, 3.05) is 26.2 Å². The van der Waals surface area contributed by atoms with Crippen molar-refractivity contribution in [3.05, 3.63) is 68.8 Å². The second-order valence-electron chi connectivity index (χ2n) is 10.1. The summed E-state index contributed by atoms with van der Waals surface area (Å²) in [5, 5.41) is 25.4. The van der Waals surface area contributed by atoms with E-state index < -0.39 is 12.2 Å². The van der Waals surface area contributed by atoms with Crippen molar-refractivity contribution >= 4 is 11.9 Å². The van der Waals surface area contributed by atoms with Gasteiger partial charge in [0.15, 0.2) is 0 Å². The molecular formula is C28H34N2O6. The number of β-amino-alcohol motifs (C(OH)–C–C–N with tert-alkyl or cyclic N) is 1. The maximum absolute atomic E-state index is 11.8. The monoisotopic (exact) mass is 494 g/mol. The number of carbonyl (C=O) groups is 2. The fraction of sp³-hybridized carbons (Fsp3) is 0.500. The largest absolute Gasteiger partial charge is 0.457 e. The highest BCUT2D eigenvalue weighted by atomic mass is 16.5. The lowest BCUT2D eigenvalue weighted by atomic mass is 9.94. The normalized spacial score (nSPS) is 21.1. The summed E-state index contributed by atoms with van der Waals surface area (Å²) in [4.78, 5) is 26.0. The number of rotatable bonds is 8. The smallest absolute Gasteiger partial charge is 0.338 e. The molecule has 0 bridgehead atoms. The standard InChI is InChI=1S/C28H34N2O6/c1-16-19(6-8-21-23(16)14-35-27(21)33)25(31)12-29-11-18-5-3-4-10-30(18)13-26(32)20-7-9-22-24(17(20)2)15-36-28(22)34/h6-9,18,25-26,29,31-32H,3-5,10-15H2,1-2H3/t18?,25-,26-/m0/s1. The zero-order valence-electron chi connectivity index (χ0n) is 20.9. The van der Waals surface area contributed by atoms with Crippen molar-refractivity contribution < 1.29 is 29.3 Å². The molecule has 1 fully saturated rings. The molecule has 0 amide bonds. The molecule has 3 aliphatic heterocycles. The summed E-state index contributed by atoms with van der Waals surface area (Å²) in [7, 11) is 0. The molecule has 0 aliphatic carbocycles. The van der Waals surface area contributed by atoms with E-state index >= 15 is 0 Å². The molecule has 192 valence electrons. The van der Waals surface area contributed by atoms with E-state index in [-0.39, 0.29) is 31.2 Å². The Labute approximate surface area is 211 Å². The van der Waals surface area contributed by atoms with Crippen LogP contribution in [0.15, 0.2) is 24.3 Å². The van der Waals surface area contributed by atoms with E-state index in [0.29, 0.717) is 30.8 Å². The van der Waals surface area contributed by atoms with Crippen LogP contribution < -0.4 is 5.32 Å². The van der Waals surface area contributed by atoms with Gasteiger partial charge in [-0.2, -0.15) is 0 Å². The van der Waals surface area contributed by atoms with Gasteiger partial charge in [0.25, 0.3) is 0 Å². The van der Waals surface area contributed by atoms with Gasteiger partial charge in [0.1, 0.15) is 13.2 Å². The van der Waals surface area contributed by atoms with Crippen molar-refractivity contribution in [1.29, 1.82) is 0 Å². The number of piperidine rings is 1. The first-order valence-electron chi connectivity index (χ1n) is 12.7. The summed E-state index contributed by atoms with van der Waals surface area (Å²) in [5.41, 5.74) is 6.41. The highest BCUT2D eigenvalue weighted by Crippen LogP contribution is 2.31. The minimum Gasteiger partial charge on any atom is -0.457 e. The van der Waals surface area contributed by atoms with E-state index in [9.17, 15) is 19.8 Å². The summed E-state index contributed by atoms with van der Waals surface area (Å²) in [6.45, 7) is 6.94. The van der Waals surface area contributed by atoms with Crippen molar-refractivity contribution in [3.63, 3.8) is 0 Å². The number of nitrogens with zero attached hydrogens (tertiary/aromatic N) is 1. The lowest BCUT2D eigenvalue weighted by Crippen LogP contribution is -2.47. The molecule has 0 saturated carbocycles. The summed E-state index contributed by atoms with van der Waals surface area (Å²) in [6.07, 6.45) is 1.91. The van der Waals surface area contributed by atoms with Crippen LogP contribution in [0.3, 0.4) is 0 Å². The Hall–Kier alpha value is -2.78. The summed E-state index contributed by atoms with van der Waals surface area (Å²) < 4.78 is 10.3. The molecule has 5 rings (SSSR count). The van der Waals surface area contributed by atoms with E-state index in [1.54, 1.807) is 12.1 Å². The topological polar surface area (TPSA) is 108 Å². The Kier molecular flexibility index (Phi) is 7.12. The Morgan fingerprint density at radius 2 is 1.50 bits per heavy atom. The first kappa shape index (κ1) is 24.9. The summed E-state index contributed by atoms with van der Waals surface area (Å²) in [5.74, 6) is -0.598. The van der Waals surface area contributed by atoms with Crippen molar-refractivity contribution in [3.8, 4) is 0 Å². The molecular weight excluding hydrogens is 460 g/mol. The number of ether oxygens (including phenoxy) is 2. The third-order valence-electron chi connectivity index (χ3n) is 8.01. The highest BCUT2D eigenvalue weighted by molar-refractivity contribution is 5.94. The van der Waals surface area contributed by atoms with Gasteiger partial charge in [0, 0.05) is 36.8 Å². The Bertz CT molecular complexity index is 1180. The van der Waals surface area contributed by atoms with Crippen LogP contribution in [0.2, 0.25) is 0 Å². The maximum atomic E-state index is 11.8. The number of carbonyl (C=O) groups excluding carboxylic acids is 2. The first-order chi connectivity index (χ1) is 17.3. The van der Waals surface area contributed by atoms with Gasteiger partial charge in [0.05, 0.1) is 23.3 Å². The van der Waals surface area contributed by atoms with Crippen LogP contribution in [-0.4, -0.2) is 59.3 Å². The van der Waals surface area contributed by atoms with Crippen LogP contribution in [0.5, 0.6) is 0 Å². The van der Waals surface area contributed by atoms with Gasteiger partial charge in [-0.1, -0.05) is 18.6 Å². The van der Waals surface area contributed by atoms with E-state index in [2.05, 4.69) is 10.2 Å². The molecule has 36 heavy (non-hydrogen) atoms.